The Bertz CT molecular complexity index is 414. The minimum absolute atomic E-state index is 0.00638. The molecule has 6 nitrogen and oxygen atoms in total. The van der Waals surface area contributed by atoms with Gasteiger partial charge < -0.3 is 4.90 Å². The molecule has 0 aromatic carbocycles. The maximum Gasteiger partial charge on any atom is 0.252 e. The minimum atomic E-state index is 0.00638. The molecular weight excluding hydrogens is 194 g/mol. The molecule has 0 spiro atoms. The summed E-state index contributed by atoms with van der Waals surface area (Å²) in [6.45, 7) is 0.154. The van der Waals surface area contributed by atoms with E-state index in [0.29, 0.717) is 6.04 Å². The van der Waals surface area contributed by atoms with E-state index >= 15 is 0 Å². The maximum absolute atomic E-state index is 11.6. The summed E-state index contributed by atoms with van der Waals surface area (Å²) in [4.78, 5) is 17.1. The molecule has 1 aromatic heterocycles. The van der Waals surface area contributed by atoms with E-state index in [-0.39, 0.29) is 18.3 Å². The van der Waals surface area contributed by atoms with Gasteiger partial charge in [-0.2, -0.15) is 5.26 Å². The van der Waals surface area contributed by atoms with Crippen LogP contribution >= 0.6 is 0 Å². The van der Waals surface area contributed by atoms with Gasteiger partial charge in [0.1, 0.15) is 18.9 Å². The summed E-state index contributed by atoms with van der Waals surface area (Å²) in [5, 5.41) is 12.3. The van der Waals surface area contributed by atoms with Crippen LogP contribution in [-0.2, 0) is 11.3 Å². The number of likely N-dealkylation sites (N-methyl/N-ethyl adjacent to an activating group) is 1. The van der Waals surface area contributed by atoms with Crippen molar-refractivity contribution in [1.82, 2.24) is 19.7 Å². The fourth-order valence-electron chi connectivity index (χ4n) is 1.34. The van der Waals surface area contributed by atoms with Crippen molar-refractivity contribution in [2.45, 2.75) is 25.4 Å². The standard InChI is InChI=1S/C9H11N5O/c1-13(7-2-3-7)9(15)5-14-6-11-8(4-10)12-14/h6-7H,2-3,5H2,1H3. The van der Waals surface area contributed by atoms with Crippen LogP contribution in [0.5, 0.6) is 0 Å². The lowest BCUT2D eigenvalue weighted by Crippen LogP contribution is -2.32. The van der Waals surface area contributed by atoms with Crippen molar-refractivity contribution in [2.75, 3.05) is 7.05 Å². The quantitative estimate of drug-likeness (QED) is 0.683. The van der Waals surface area contributed by atoms with Gasteiger partial charge in [-0.05, 0) is 12.8 Å². The van der Waals surface area contributed by atoms with Gasteiger partial charge in [0, 0.05) is 13.1 Å². The molecule has 0 radical (unpaired) electrons. The van der Waals surface area contributed by atoms with E-state index in [2.05, 4.69) is 10.1 Å². The first-order valence-electron chi connectivity index (χ1n) is 4.76. The first kappa shape index (κ1) is 9.65. The highest BCUT2D eigenvalue weighted by molar-refractivity contribution is 5.76. The Labute approximate surface area is 87.1 Å². The Morgan fingerprint density at radius 3 is 3.07 bits per heavy atom. The Hall–Kier alpha value is -1.90. The third-order valence-electron chi connectivity index (χ3n) is 2.42. The number of hydrogen-bond donors (Lipinski definition) is 0. The van der Waals surface area contributed by atoms with Gasteiger partial charge in [-0.15, -0.1) is 5.10 Å². The van der Waals surface area contributed by atoms with Gasteiger partial charge in [0.25, 0.3) is 5.82 Å². The molecule has 2 rings (SSSR count). The lowest BCUT2D eigenvalue weighted by Gasteiger charge is -2.15. The molecular formula is C9H11N5O. The van der Waals surface area contributed by atoms with Gasteiger partial charge in [0.05, 0.1) is 0 Å². The van der Waals surface area contributed by atoms with Gasteiger partial charge in [0.15, 0.2) is 0 Å². The van der Waals surface area contributed by atoms with Crippen molar-refractivity contribution in [3.8, 4) is 6.07 Å². The summed E-state index contributed by atoms with van der Waals surface area (Å²) in [5.41, 5.74) is 0. The first-order valence-corrected chi connectivity index (χ1v) is 4.76. The van der Waals surface area contributed by atoms with Crippen LogP contribution in [0.25, 0.3) is 0 Å². The Morgan fingerprint density at radius 2 is 2.53 bits per heavy atom. The van der Waals surface area contributed by atoms with Crippen LogP contribution in [-0.4, -0.2) is 38.7 Å². The number of aromatic nitrogens is 3. The smallest absolute Gasteiger partial charge is 0.252 e. The van der Waals surface area contributed by atoms with E-state index in [1.54, 1.807) is 11.9 Å². The average Bonchev–Trinajstić information content (AvgIpc) is 2.98. The second kappa shape index (κ2) is 3.69. The number of carbonyl (C=O) groups is 1. The van der Waals surface area contributed by atoms with Crippen molar-refractivity contribution < 1.29 is 4.79 Å². The zero-order valence-corrected chi connectivity index (χ0v) is 8.42. The summed E-state index contributed by atoms with van der Waals surface area (Å²) >= 11 is 0. The van der Waals surface area contributed by atoms with Crippen LogP contribution in [0.4, 0.5) is 0 Å². The minimum Gasteiger partial charge on any atom is -0.341 e. The molecule has 0 N–H and O–H groups in total. The maximum atomic E-state index is 11.6. The Balaban J connectivity index is 1.96. The lowest BCUT2D eigenvalue weighted by atomic mass is 10.5. The molecule has 0 bridgehead atoms. The van der Waals surface area contributed by atoms with Gasteiger partial charge in [-0.1, -0.05) is 0 Å². The van der Waals surface area contributed by atoms with Crippen molar-refractivity contribution >= 4 is 5.91 Å². The number of hydrogen-bond acceptors (Lipinski definition) is 4. The molecule has 6 heteroatoms. The molecule has 0 unspecified atom stereocenters. The molecule has 0 aliphatic heterocycles. The van der Waals surface area contributed by atoms with Crippen LogP contribution in [0.3, 0.4) is 0 Å². The van der Waals surface area contributed by atoms with Gasteiger partial charge in [-0.25, -0.2) is 9.67 Å². The normalized spacial score (nSPS) is 14.7. The van der Waals surface area contributed by atoms with Gasteiger partial charge in [0.2, 0.25) is 5.91 Å². The largest absolute Gasteiger partial charge is 0.341 e. The number of carbonyl (C=O) groups excluding carboxylic acids is 1. The SMILES string of the molecule is CN(C(=O)Cn1cnc(C#N)n1)C1CC1. The third-order valence-corrected chi connectivity index (χ3v) is 2.42. The van der Waals surface area contributed by atoms with E-state index in [0.717, 1.165) is 12.8 Å². The average molecular weight is 205 g/mol. The molecule has 1 saturated carbocycles. The van der Waals surface area contributed by atoms with Crippen LogP contribution < -0.4 is 0 Å². The first-order chi connectivity index (χ1) is 7.20. The molecule has 1 aliphatic rings. The topological polar surface area (TPSA) is 74.8 Å². The van der Waals surface area contributed by atoms with E-state index in [1.807, 2.05) is 6.07 Å². The van der Waals surface area contributed by atoms with Crippen LogP contribution in [0.2, 0.25) is 0 Å². The highest BCUT2D eigenvalue weighted by Crippen LogP contribution is 2.25. The highest BCUT2D eigenvalue weighted by atomic mass is 16.2. The van der Waals surface area contributed by atoms with Crippen LogP contribution in [0.15, 0.2) is 6.33 Å². The molecule has 0 saturated heterocycles. The van der Waals surface area contributed by atoms with Crippen molar-refractivity contribution in [2.24, 2.45) is 0 Å². The van der Waals surface area contributed by atoms with Gasteiger partial charge in [-0.3, -0.25) is 4.79 Å². The molecule has 0 atom stereocenters. The third kappa shape index (κ3) is 2.13. The zero-order chi connectivity index (χ0) is 10.8. The predicted molar refractivity (Wildman–Crippen MR) is 50.5 cm³/mol. The summed E-state index contributed by atoms with van der Waals surface area (Å²) in [5.74, 6) is 0.101. The van der Waals surface area contributed by atoms with Gasteiger partial charge >= 0.3 is 0 Å². The molecule has 78 valence electrons. The molecule has 1 aromatic rings. The van der Waals surface area contributed by atoms with E-state index in [9.17, 15) is 4.79 Å². The zero-order valence-electron chi connectivity index (χ0n) is 8.42. The van der Waals surface area contributed by atoms with E-state index in [1.165, 1.54) is 11.0 Å². The lowest BCUT2D eigenvalue weighted by molar-refractivity contribution is -0.131. The summed E-state index contributed by atoms with van der Waals surface area (Å²) in [6.07, 6.45) is 3.57. The van der Waals surface area contributed by atoms with Crippen molar-refractivity contribution in [3.05, 3.63) is 12.2 Å². The van der Waals surface area contributed by atoms with Crippen molar-refractivity contribution in [3.63, 3.8) is 0 Å². The summed E-state index contributed by atoms with van der Waals surface area (Å²) in [6, 6.07) is 2.22. The second-order valence-corrected chi connectivity index (χ2v) is 3.61. The van der Waals surface area contributed by atoms with Crippen LogP contribution in [0.1, 0.15) is 18.7 Å². The summed E-state index contributed by atoms with van der Waals surface area (Å²) in [7, 11) is 1.79. The predicted octanol–water partition coefficient (Wildman–Crippen LogP) is -0.229. The van der Waals surface area contributed by atoms with Crippen LogP contribution in [0, 0.1) is 11.3 Å². The van der Waals surface area contributed by atoms with E-state index < -0.39 is 0 Å². The second-order valence-electron chi connectivity index (χ2n) is 3.61. The fraction of sp³-hybridized carbons (Fsp3) is 0.556. The number of nitrogens with zero attached hydrogens (tertiary/aromatic N) is 5. The molecule has 15 heavy (non-hydrogen) atoms. The van der Waals surface area contributed by atoms with Crippen molar-refractivity contribution in [1.29, 1.82) is 5.26 Å². The molecule has 1 fully saturated rings. The van der Waals surface area contributed by atoms with E-state index in [4.69, 9.17) is 5.26 Å². The fourth-order valence-corrected chi connectivity index (χ4v) is 1.34. The number of rotatable bonds is 3. The number of amides is 1. The highest BCUT2D eigenvalue weighted by Gasteiger charge is 2.29. The molecule has 1 amide bonds. The monoisotopic (exact) mass is 205 g/mol. The summed E-state index contributed by atoms with van der Waals surface area (Å²) < 4.78 is 1.39. The molecule has 1 heterocycles. The molecule has 1 aliphatic carbocycles. The Morgan fingerprint density at radius 1 is 1.80 bits per heavy atom. The Kier molecular flexibility index (Phi) is 2.37. The number of nitriles is 1.